The Bertz CT molecular complexity index is 495. The predicted octanol–water partition coefficient (Wildman–Crippen LogP) is 2.57. The highest BCUT2D eigenvalue weighted by Crippen LogP contribution is 2.18. The highest BCUT2D eigenvalue weighted by Gasteiger charge is 2.12. The van der Waals surface area contributed by atoms with Gasteiger partial charge >= 0.3 is 0 Å². The molecule has 0 aliphatic heterocycles. The minimum absolute atomic E-state index is 0.501. The molecule has 0 fully saturated rings. The van der Waals surface area contributed by atoms with Crippen LogP contribution in [0.2, 0.25) is 0 Å². The van der Waals surface area contributed by atoms with Crippen LogP contribution in [-0.4, -0.2) is 19.9 Å². The van der Waals surface area contributed by atoms with Gasteiger partial charge in [0.1, 0.15) is 12.2 Å². The summed E-state index contributed by atoms with van der Waals surface area (Å²) in [5.74, 6) is 0.836. The highest BCUT2D eigenvalue weighted by atomic mass is 127. The summed E-state index contributed by atoms with van der Waals surface area (Å²) in [6, 6.07) is 7.89. The molecule has 1 heterocycles. The minimum Gasteiger partial charge on any atom is -0.388 e. The molecule has 0 radical (unpaired) electrons. The lowest BCUT2D eigenvalue weighted by molar-refractivity contribution is 0.174. The zero-order chi connectivity index (χ0) is 13.0. The van der Waals surface area contributed by atoms with E-state index >= 15 is 0 Å². The van der Waals surface area contributed by atoms with Crippen molar-refractivity contribution < 1.29 is 5.11 Å². The van der Waals surface area contributed by atoms with E-state index < -0.39 is 6.10 Å². The van der Waals surface area contributed by atoms with E-state index in [1.807, 2.05) is 28.9 Å². The molecule has 0 aliphatic carbocycles. The van der Waals surface area contributed by atoms with Crippen molar-refractivity contribution in [1.82, 2.24) is 14.8 Å². The average molecular weight is 357 g/mol. The van der Waals surface area contributed by atoms with Gasteiger partial charge in [-0.05, 0) is 46.7 Å². The van der Waals surface area contributed by atoms with E-state index in [0.29, 0.717) is 6.42 Å². The lowest BCUT2D eigenvalue weighted by Crippen LogP contribution is -2.10. The van der Waals surface area contributed by atoms with E-state index in [0.717, 1.165) is 27.9 Å². The van der Waals surface area contributed by atoms with Crippen LogP contribution < -0.4 is 0 Å². The molecule has 18 heavy (non-hydrogen) atoms. The summed E-state index contributed by atoms with van der Waals surface area (Å²) < 4.78 is 3.02. The first kappa shape index (κ1) is 13.5. The quantitative estimate of drug-likeness (QED) is 0.837. The molecule has 0 saturated carbocycles. The molecule has 1 atom stereocenters. The third-order valence-corrected chi connectivity index (χ3v) is 3.48. The van der Waals surface area contributed by atoms with Crippen LogP contribution in [0, 0.1) is 3.57 Å². The summed E-state index contributed by atoms with van der Waals surface area (Å²) in [4.78, 5) is 4.21. The third-order valence-electron chi connectivity index (χ3n) is 2.76. The fourth-order valence-corrected chi connectivity index (χ4v) is 2.18. The number of aliphatic hydroxyl groups is 1. The van der Waals surface area contributed by atoms with Gasteiger partial charge in [-0.3, -0.25) is 4.68 Å². The second-order valence-electron chi connectivity index (χ2n) is 4.17. The largest absolute Gasteiger partial charge is 0.388 e. The van der Waals surface area contributed by atoms with Crippen LogP contribution in [0.15, 0.2) is 30.6 Å². The fraction of sp³-hybridized carbons (Fsp3) is 0.385. The maximum Gasteiger partial charge on any atom is 0.138 e. The summed E-state index contributed by atoms with van der Waals surface area (Å²) >= 11 is 2.25. The van der Waals surface area contributed by atoms with Crippen molar-refractivity contribution in [3.8, 4) is 0 Å². The molecule has 1 aromatic heterocycles. The second-order valence-corrected chi connectivity index (χ2v) is 5.42. The van der Waals surface area contributed by atoms with Crippen LogP contribution >= 0.6 is 22.6 Å². The van der Waals surface area contributed by atoms with Crippen LogP contribution in [0.5, 0.6) is 0 Å². The van der Waals surface area contributed by atoms with Crippen LogP contribution in [0.3, 0.4) is 0 Å². The number of benzene rings is 1. The Morgan fingerprint density at radius 2 is 2.06 bits per heavy atom. The number of aromatic nitrogens is 3. The van der Waals surface area contributed by atoms with Crippen molar-refractivity contribution in [2.45, 2.75) is 32.4 Å². The lowest BCUT2D eigenvalue weighted by Gasteiger charge is -2.11. The van der Waals surface area contributed by atoms with Crippen molar-refractivity contribution in [2.75, 3.05) is 0 Å². The number of nitrogens with zero attached hydrogens (tertiary/aromatic N) is 3. The van der Waals surface area contributed by atoms with Gasteiger partial charge in [-0.25, -0.2) is 4.98 Å². The van der Waals surface area contributed by atoms with Gasteiger partial charge in [0.25, 0.3) is 0 Å². The van der Waals surface area contributed by atoms with E-state index in [9.17, 15) is 5.11 Å². The Kier molecular flexibility index (Phi) is 4.71. The van der Waals surface area contributed by atoms with Gasteiger partial charge in [0.15, 0.2) is 0 Å². The van der Waals surface area contributed by atoms with E-state index in [-0.39, 0.29) is 0 Å². The molecule has 0 saturated heterocycles. The SMILES string of the molecule is CCCn1ncnc1CC(O)c1ccc(I)cc1. The number of aliphatic hydroxyl groups excluding tert-OH is 1. The standard InChI is InChI=1S/C13H16IN3O/c1-2-7-17-13(15-9-16-17)8-12(18)10-3-5-11(14)6-4-10/h3-6,9,12,18H,2,7-8H2,1H3. The molecular weight excluding hydrogens is 341 g/mol. The summed E-state index contributed by atoms with van der Waals surface area (Å²) in [5, 5.41) is 14.4. The van der Waals surface area contributed by atoms with Crippen molar-refractivity contribution in [3.05, 3.63) is 45.6 Å². The molecule has 96 valence electrons. The summed E-state index contributed by atoms with van der Waals surface area (Å²) in [5.41, 5.74) is 0.918. The van der Waals surface area contributed by atoms with Gasteiger partial charge in [-0.2, -0.15) is 5.10 Å². The van der Waals surface area contributed by atoms with Crippen LogP contribution in [0.25, 0.3) is 0 Å². The number of halogens is 1. The van der Waals surface area contributed by atoms with E-state index in [1.165, 1.54) is 0 Å². The predicted molar refractivity (Wildman–Crippen MR) is 78.1 cm³/mol. The molecule has 2 rings (SSSR count). The summed E-state index contributed by atoms with van der Waals surface area (Å²) in [7, 11) is 0. The Hall–Kier alpha value is -0.950. The number of hydrogen-bond donors (Lipinski definition) is 1. The van der Waals surface area contributed by atoms with Gasteiger partial charge in [0, 0.05) is 16.5 Å². The molecule has 1 aromatic carbocycles. The molecule has 1 unspecified atom stereocenters. The lowest BCUT2D eigenvalue weighted by atomic mass is 10.1. The van der Waals surface area contributed by atoms with E-state index in [4.69, 9.17) is 0 Å². The van der Waals surface area contributed by atoms with E-state index in [2.05, 4.69) is 39.6 Å². The van der Waals surface area contributed by atoms with Crippen LogP contribution in [0.1, 0.15) is 30.8 Å². The van der Waals surface area contributed by atoms with Crippen molar-refractivity contribution in [2.24, 2.45) is 0 Å². The summed E-state index contributed by atoms with van der Waals surface area (Å²) in [6.45, 7) is 2.94. The van der Waals surface area contributed by atoms with Gasteiger partial charge in [-0.1, -0.05) is 19.1 Å². The molecular formula is C13H16IN3O. The number of aryl methyl sites for hydroxylation is 1. The van der Waals surface area contributed by atoms with Crippen molar-refractivity contribution >= 4 is 22.6 Å². The summed E-state index contributed by atoms with van der Waals surface area (Å²) in [6.07, 6.45) is 2.53. The Morgan fingerprint density at radius 1 is 1.33 bits per heavy atom. The normalized spacial score (nSPS) is 12.6. The third kappa shape index (κ3) is 3.29. The van der Waals surface area contributed by atoms with Gasteiger partial charge in [0.05, 0.1) is 6.10 Å². The second kappa shape index (κ2) is 6.29. The topological polar surface area (TPSA) is 50.9 Å². The van der Waals surface area contributed by atoms with Crippen LogP contribution in [-0.2, 0) is 13.0 Å². The first-order valence-electron chi connectivity index (χ1n) is 6.01. The van der Waals surface area contributed by atoms with Crippen molar-refractivity contribution in [3.63, 3.8) is 0 Å². The Balaban J connectivity index is 2.08. The molecule has 1 N–H and O–H groups in total. The van der Waals surface area contributed by atoms with Crippen molar-refractivity contribution in [1.29, 1.82) is 0 Å². The molecule has 0 spiro atoms. The zero-order valence-electron chi connectivity index (χ0n) is 10.3. The molecule has 0 bridgehead atoms. The monoisotopic (exact) mass is 357 g/mol. The average Bonchev–Trinajstić information content (AvgIpc) is 2.78. The maximum atomic E-state index is 10.2. The smallest absolute Gasteiger partial charge is 0.138 e. The molecule has 0 aliphatic rings. The molecule has 0 amide bonds. The first-order valence-corrected chi connectivity index (χ1v) is 7.08. The van der Waals surface area contributed by atoms with Gasteiger partial charge in [0.2, 0.25) is 0 Å². The number of rotatable bonds is 5. The Morgan fingerprint density at radius 3 is 2.72 bits per heavy atom. The Labute approximate surface area is 120 Å². The first-order chi connectivity index (χ1) is 8.70. The highest BCUT2D eigenvalue weighted by molar-refractivity contribution is 14.1. The van der Waals surface area contributed by atoms with E-state index in [1.54, 1.807) is 6.33 Å². The molecule has 2 aromatic rings. The molecule has 4 nitrogen and oxygen atoms in total. The zero-order valence-corrected chi connectivity index (χ0v) is 12.4. The van der Waals surface area contributed by atoms with Gasteiger partial charge in [-0.15, -0.1) is 0 Å². The number of hydrogen-bond acceptors (Lipinski definition) is 3. The van der Waals surface area contributed by atoms with Gasteiger partial charge < -0.3 is 5.11 Å². The minimum atomic E-state index is -0.526. The van der Waals surface area contributed by atoms with Crippen LogP contribution in [0.4, 0.5) is 0 Å². The maximum absolute atomic E-state index is 10.2. The molecule has 5 heteroatoms. The fourth-order valence-electron chi connectivity index (χ4n) is 1.82.